The van der Waals surface area contributed by atoms with Crippen molar-refractivity contribution in [2.24, 2.45) is 0 Å². The van der Waals surface area contributed by atoms with E-state index in [4.69, 9.17) is 9.47 Å². The highest BCUT2D eigenvalue weighted by atomic mass is 16.5. The fourth-order valence-electron chi connectivity index (χ4n) is 6.47. The zero-order valence-corrected chi connectivity index (χ0v) is 32.4. The standard InChI is InChI=1S/C42H83NO4/c1-5-9-12-15-18-19-20-23-32-39-46-41(44)35-28-24-30-37-43(8-4)38-31-25-29-36-42(45)47-40(33-26-21-16-13-10-6-2)34-27-22-17-14-11-7-3/h40H,5-39H2,1-4H3. The molecular formula is C42H83NO4. The van der Waals surface area contributed by atoms with Crippen molar-refractivity contribution in [3.8, 4) is 0 Å². The topological polar surface area (TPSA) is 55.8 Å². The van der Waals surface area contributed by atoms with Crippen LogP contribution in [0.15, 0.2) is 0 Å². The lowest BCUT2D eigenvalue weighted by molar-refractivity contribution is -0.150. The highest BCUT2D eigenvalue weighted by Gasteiger charge is 2.14. The molecule has 0 saturated carbocycles. The lowest BCUT2D eigenvalue weighted by Gasteiger charge is -2.20. The maximum absolute atomic E-state index is 12.7. The van der Waals surface area contributed by atoms with E-state index >= 15 is 0 Å². The number of carbonyl (C=O) groups is 2. The fourth-order valence-corrected chi connectivity index (χ4v) is 6.47. The predicted molar refractivity (Wildman–Crippen MR) is 203 cm³/mol. The molecule has 47 heavy (non-hydrogen) atoms. The molecule has 5 heteroatoms. The van der Waals surface area contributed by atoms with Crippen molar-refractivity contribution in [3.63, 3.8) is 0 Å². The molecule has 0 atom stereocenters. The quantitative estimate of drug-likeness (QED) is 0.0485. The average Bonchev–Trinajstić information content (AvgIpc) is 3.07. The van der Waals surface area contributed by atoms with Crippen LogP contribution in [-0.4, -0.2) is 49.2 Å². The summed E-state index contributed by atoms with van der Waals surface area (Å²) in [6.45, 7) is 12.8. The first-order valence-electron chi connectivity index (χ1n) is 21.1. The molecule has 0 radical (unpaired) electrons. The molecule has 0 spiro atoms. The van der Waals surface area contributed by atoms with Crippen LogP contribution >= 0.6 is 0 Å². The maximum atomic E-state index is 12.7. The van der Waals surface area contributed by atoms with Crippen LogP contribution in [0.4, 0.5) is 0 Å². The highest BCUT2D eigenvalue weighted by molar-refractivity contribution is 5.69. The molecule has 0 aliphatic carbocycles. The van der Waals surface area contributed by atoms with Gasteiger partial charge < -0.3 is 14.4 Å². The van der Waals surface area contributed by atoms with Gasteiger partial charge in [0.25, 0.3) is 0 Å². The first kappa shape index (κ1) is 45.9. The minimum absolute atomic E-state index is 0.0195. The lowest BCUT2D eigenvalue weighted by atomic mass is 10.0. The predicted octanol–water partition coefficient (Wildman–Crippen LogP) is 12.9. The van der Waals surface area contributed by atoms with Gasteiger partial charge in [0, 0.05) is 12.8 Å². The molecule has 0 saturated heterocycles. The van der Waals surface area contributed by atoms with Gasteiger partial charge in [-0.15, -0.1) is 0 Å². The molecule has 280 valence electrons. The number of hydrogen-bond acceptors (Lipinski definition) is 5. The molecule has 0 rings (SSSR count). The maximum Gasteiger partial charge on any atom is 0.306 e. The molecule has 5 nitrogen and oxygen atoms in total. The van der Waals surface area contributed by atoms with Gasteiger partial charge in [0.15, 0.2) is 0 Å². The Morgan fingerprint density at radius 1 is 0.447 bits per heavy atom. The lowest BCUT2D eigenvalue weighted by Crippen LogP contribution is -2.25. The Hall–Kier alpha value is -1.10. The first-order chi connectivity index (χ1) is 23.1. The van der Waals surface area contributed by atoms with E-state index in [1.807, 2.05) is 0 Å². The highest BCUT2D eigenvalue weighted by Crippen LogP contribution is 2.18. The van der Waals surface area contributed by atoms with Crippen LogP contribution in [0.25, 0.3) is 0 Å². The monoisotopic (exact) mass is 666 g/mol. The molecule has 0 amide bonds. The zero-order valence-electron chi connectivity index (χ0n) is 32.4. The molecule has 0 fully saturated rings. The van der Waals surface area contributed by atoms with Crippen LogP contribution in [0.3, 0.4) is 0 Å². The van der Waals surface area contributed by atoms with E-state index in [1.165, 1.54) is 128 Å². The molecule has 0 N–H and O–H groups in total. The van der Waals surface area contributed by atoms with Gasteiger partial charge in [-0.3, -0.25) is 9.59 Å². The minimum Gasteiger partial charge on any atom is -0.466 e. The van der Waals surface area contributed by atoms with Gasteiger partial charge in [-0.05, 0) is 77.4 Å². The third-order valence-corrected chi connectivity index (χ3v) is 9.73. The van der Waals surface area contributed by atoms with E-state index in [0.717, 1.165) is 77.4 Å². The summed E-state index contributed by atoms with van der Waals surface area (Å²) in [6.07, 6.45) is 36.6. The van der Waals surface area contributed by atoms with Crippen molar-refractivity contribution in [3.05, 3.63) is 0 Å². The Bertz CT molecular complexity index is 639. The van der Waals surface area contributed by atoms with Crippen LogP contribution in [0.1, 0.15) is 227 Å². The van der Waals surface area contributed by atoms with E-state index in [0.29, 0.717) is 19.4 Å². The van der Waals surface area contributed by atoms with Crippen LogP contribution in [0.2, 0.25) is 0 Å². The van der Waals surface area contributed by atoms with Gasteiger partial charge in [0.05, 0.1) is 6.61 Å². The third-order valence-electron chi connectivity index (χ3n) is 9.73. The fraction of sp³-hybridized carbons (Fsp3) is 0.952. The number of carbonyl (C=O) groups excluding carboxylic acids is 2. The van der Waals surface area contributed by atoms with Crippen molar-refractivity contribution in [1.82, 2.24) is 4.90 Å². The Balaban J connectivity index is 3.93. The minimum atomic E-state index is -0.0217. The second kappa shape index (κ2) is 37.7. The molecule has 0 aromatic rings. The van der Waals surface area contributed by atoms with Gasteiger partial charge in [-0.25, -0.2) is 0 Å². The first-order valence-corrected chi connectivity index (χ1v) is 21.1. The van der Waals surface area contributed by atoms with Gasteiger partial charge in [-0.2, -0.15) is 0 Å². The van der Waals surface area contributed by atoms with Gasteiger partial charge in [-0.1, -0.05) is 156 Å². The Labute approximate surface area is 294 Å². The number of rotatable bonds is 38. The smallest absolute Gasteiger partial charge is 0.306 e. The Morgan fingerprint density at radius 3 is 1.28 bits per heavy atom. The van der Waals surface area contributed by atoms with E-state index in [2.05, 4.69) is 32.6 Å². The van der Waals surface area contributed by atoms with Crippen molar-refractivity contribution >= 4 is 11.9 Å². The van der Waals surface area contributed by atoms with E-state index in [9.17, 15) is 9.59 Å². The molecule has 0 bridgehead atoms. The van der Waals surface area contributed by atoms with Crippen molar-refractivity contribution in [2.75, 3.05) is 26.2 Å². The van der Waals surface area contributed by atoms with E-state index in [1.54, 1.807) is 0 Å². The van der Waals surface area contributed by atoms with E-state index < -0.39 is 0 Å². The molecular weight excluding hydrogens is 582 g/mol. The molecule has 0 aliphatic rings. The molecule has 0 heterocycles. The summed E-state index contributed by atoms with van der Waals surface area (Å²) in [7, 11) is 0. The number of nitrogens with zero attached hydrogens (tertiary/aromatic N) is 1. The number of esters is 2. The normalized spacial score (nSPS) is 11.5. The zero-order chi connectivity index (χ0) is 34.5. The molecule has 0 aromatic heterocycles. The summed E-state index contributed by atoms with van der Waals surface area (Å²) in [5.41, 5.74) is 0. The summed E-state index contributed by atoms with van der Waals surface area (Å²) in [5.74, 6) is -0.00224. The second-order valence-electron chi connectivity index (χ2n) is 14.3. The van der Waals surface area contributed by atoms with Crippen LogP contribution in [0.5, 0.6) is 0 Å². The van der Waals surface area contributed by atoms with Crippen LogP contribution in [0, 0.1) is 0 Å². The van der Waals surface area contributed by atoms with Crippen LogP contribution in [-0.2, 0) is 19.1 Å². The number of ether oxygens (including phenoxy) is 2. The largest absolute Gasteiger partial charge is 0.466 e. The van der Waals surface area contributed by atoms with Crippen molar-refractivity contribution in [1.29, 1.82) is 0 Å². The summed E-state index contributed by atoms with van der Waals surface area (Å²) in [4.78, 5) is 27.3. The summed E-state index contributed by atoms with van der Waals surface area (Å²) in [5, 5.41) is 0. The summed E-state index contributed by atoms with van der Waals surface area (Å²) in [6, 6.07) is 0. The second-order valence-corrected chi connectivity index (χ2v) is 14.3. The van der Waals surface area contributed by atoms with Gasteiger partial charge in [0.2, 0.25) is 0 Å². The van der Waals surface area contributed by atoms with Crippen LogP contribution < -0.4 is 0 Å². The third kappa shape index (κ3) is 34.6. The SMILES string of the molecule is CCCCCCCCCCCOC(=O)CCCCCN(CC)CCCCCC(=O)OC(CCCCCCCC)CCCCCCCC. The summed E-state index contributed by atoms with van der Waals surface area (Å²) >= 11 is 0. The van der Waals surface area contributed by atoms with E-state index in [-0.39, 0.29) is 18.0 Å². The average molecular weight is 666 g/mol. The van der Waals surface area contributed by atoms with Crippen molar-refractivity contribution in [2.45, 2.75) is 233 Å². The Kier molecular flexibility index (Phi) is 36.8. The molecule has 0 aromatic carbocycles. The molecule has 0 unspecified atom stereocenters. The number of hydrogen-bond donors (Lipinski definition) is 0. The number of unbranched alkanes of at least 4 members (excludes halogenated alkanes) is 22. The molecule has 0 aliphatic heterocycles. The van der Waals surface area contributed by atoms with Gasteiger partial charge in [0.1, 0.15) is 6.10 Å². The Morgan fingerprint density at radius 2 is 0.830 bits per heavy atom. The summed E-state index contributed by atoms with van der Waals surface area (Å²) < 4.78 is 11.5. The van der Waals surface area contributed by atoms with Crippen molar-refractivity contribution < 1.29 is 19.1 Å². The van der Waals surface area contributed by atoms with Gasteiger partial charge >= 0.3 is 11.9 Å².